The van der Waals surface area contributed by atoms with Crippen LogP contribution in [-0.4, -0.2) is 11.8 Å². The number of para-hydroxylation sites is 1. The zero-order chi connectivity index (χ0) is 14.8. The summed E-state index contributed by atoms with van der Waals surface area (Å²) in [4.78, 5) is 26.7. The van der Waals surface area contributed by atoms with Gasteiger partial charge in [-0.3, -0.25) is 14.5 Å². The van der Waals surface area contributed by atoms with Crippen molar-refractivity contribution in [3.05, 3.63) is 42.5 Å². The molecule has 3 rings (SSSR count). The summed E-state index contributed by atoms with van der Waals surface area (Å²) >= 11 is 0. The third-order valence-electron chi connectivity index (χ3n) is 4.67. The average molecular weight is 283 g/mol. The fourth-order valence-corrected chi connectivity index (χ4v) is 3.67. The van der Waals surface area contributed by atoms with Crippen LogP contribution in [0.4, 0.5) is 5.69 Å². The normalized spacial score (nSPS) is 28.6. The lowest BCUT2D eigenvalue weighted by Crippen LogP contribution is -2.51. The first-order valence-corrected chi connectivity index (χ1v) is 7.81. The van der Waals surface area contributed by atoms with E-state index in [1.54, 1.807) is 0 Å². The molecule has 21 heavy (non-hydrogen) atoms. The van der Waals surface area contributed by atoms with Crippen molar-refractivity contribution in [3.8, 4) is 0 Å². The van der Waals surface area contributed by atoms with Crippen LogP contribution in [0.3, 0.4) is 0 Å². The summed E-state index contributed by atoms with van der Waals surface area (Å²) in [6.07, 6.45) is 7.73. The van der Waals surface area contributed by atoms with E-state index in [1.165, 1.54) is 4.90 Å². The third-order valence-corrected chi connectivity index (χ3v) is 4.67. The molecule has 1 heterocycles. The van der Waals surface area contributed by atoms with Crippen LogP contribution in [0.5, 0.6) is 0 Å². The van der Waals surface area contributed by atoms with Gasteiger partial charge in [0.2, 0.25) is 11.8 Å². The van der Waals surface area contributed by atoms with Crippen LogP contribution < -0.4 is 4.90 Å². The number of carbonyl (C=O) groups excluding carboxylic acids is 2. The quantitative estimate of drug-likeness (QED) is 0.628. The predicted octanol–water partition coefficient (Wildman–Crippen LogP) is 3.56. The lowest BCUT2D eigenvalue weighted by Gasteiger charge is -2.41. The lowest BCUT2D eigenvalue weighted by molar-refractivity contribution is -0.135. The van der Waals surface area contributed by atoms with Crippen molar-refractivity contribution in [2.24, 2.45) is 17.8 Å². The number of anilines is 1. The van der Waals surface area contributed by atoms with Crippen molar-refractivity contribution in [1.82, 2.24) is 0 Å². The summed E-state index contributed by atoms with van der Waals surface area (Å²) in [5.41, 5.74) is 0.701. The number of fused-ring (bicyclic) bond motifs is 1. The molecule has 2 aliphatic rings. The van der Waals surface area contributed by atoms with Crippen LogP contribution in [0.1, 0.15) is 32.6 Å². The van der Waals surface area contributed by atoms with E-state index in [1.807, 2.05) is 30.3 Å². The van der Waals surface area contributed by atoms with Crippen LogP contribution in [0.25, 0.3) is 0 Å². The molecule has 1 aliphatic carbocycles. The molecule has 1 aromatic rings. The van der Waals surface area contributed by atoms with Crippen molar-refractivity contribution in [3.63, 3.8) is 0 Å². The number of allylic oxidation sites excluding steroid dienone is 2. The van der Waals surface area contributed by atoms with E-state index in [0.717, 1.165) is 19.3 Å². The van der Waals surface area contributed by atoms with Crippen molar-refractivity contribution in [2.45, 2.75) is 32.6 Å². The Morgan fingerprint density at radius 3 is 2.67 bits per heavy atom. The number of amides is 2. The van der Waals surface area contributed by atoms with E-state index in [4.69, 9.17) is 0 Å². The number of imide groups is 1. The van der Waals surface area contributed by atoms with Crippen molar-refractivity contribution in [2.75, 3.05) is 4.90 Å². The van der Waals surface area contributed by atoms with E-state index in [0.29, 0.717) is 18.0 Å². The molecule has 1 aliphatic heterocycles. The topological polar surface area (TPSA) is 37.4 Å². The Kier molecular flexibility index (Phi) is 3.91. The highest BCUT2D eigenvalue weighted by molar-refractivity contribution is 6.17. The van der Waals surface area contributed by atoms with Gasteiger partial charge in [0, 0.05) is 12.3 Å². The van der Waals surface area contributed by atoms with Gasteiger partial charge in [0.05, 0.1) is 5.69 Å². The van der Waals surface area contributed by atoms with Crippen LogP contribution in [0, 0.1) is 17.8 Å². The SMILES string of the molecule is CCCC1C=CCC2C(=O)N(c3ccccc3)C(=O)C[C@H]12. The fourth-order valence-electron chi connectivity index (χ4n) is 3.67. The minimum atomic E-state index is -0.0520. The zero-order valence-corrected chi connectivity index (χ0v) is 12.4. The molecule has 0 bridgehead atoms. The highest BCUT2D eigenvalue weighted by atomic mass is 16.2. The van der Waals surface area contributed by atoms with E-state index in [9.17, 15) is 9.59 Å². The number of rotatable bonds is 3. The Hall–Kier alpha value is -1.90. The Morgan fingerprint density at radius 2 is 1.95 bits per heavy atom. The van der Waals surface area contributed by atoms with Gasteiger partial charge in [-0.2, -0.15) is 0 Å². The second kappa shape index (κ2) is 5.84. The molecule has 0 spiro atoms. The number of benzene rings is 1. The predicted molar refractivity (Wildman–Crippen MR) is 82.7 cm³/mol. The molecule has 1 aromatic carbocycles. The van der Waals surface area contributed by atoms with Gasteiger partial charge in [-0.25, -0.2) is 0 Å². The molecular weight excluding hydrogens is 262 g/mol. The molecule has 110 valence electrons. The van der Waals surface area contributed by atoms with E-state index < -0.39 is 0 Å². The monoisotopic (exact) mass is 283 g/mol. The van der Waals surface area contributed by atoms with Crippen LogP contribution >= 0.6 is 0 Å². The summed E-state index contributed by atoms with van der Waals surface area (Å²) in [7, 11) is 0. The summed E-state index contributed by atoms with van der Waals surface area (Å²) in [5, 5.41) is 0. The number of piperidine rings is 1. The minimum absolute atomic E-state index is 0.0205. The molecule has 0 aromatic heterocycles. The van der Waals surface area contributed by atoms with Crippen LogP contribution in [-0.2, 0) is 9.59 Å². The molecule has 3 heteroatoms. The summed E-state index contributed by atoms with van der Waals surface area (Å²) in [6, 6.07) is 9.29. The number of hydrogen-bond donors (Lipinski definition) is 0. The Labute approximate surface area is 125 Å². The summed E-state index contributed by atoms with van der Waals surface area (Å²) < 4.78 is 0. The number of carbonyl (C=O) groups is 2. The van der Waals surface area contributed by atoms with Crippen LogP contribution in [0.15, 0.2) is 42.5 Å². The highest BCUT2D eigenvalue weighted by Gasteiger charge is 2.44. The highest BCUT2D eigenvalue weighted by Crippen LogP contribution is 2.41. The standard InChI is InChI=1S/C18H21NO2/c1-2-7-13-8-6-11-15-16(13)12-17(20)19(18(15)21)14-9-4-3-5-10-14/h3-6,8-10,13,15-16H,2,7,11-12H2,1H3/t13?,15?,16-/m1/s1. The third kappa shape index (κ3) is 2.53. The van der Waals surface area contributed by atoms with Crippen molar-refractivity contribution >= 4 is 17.5 Å². The second-order valence-electron chi connectivity index (χ2n) is 5.99. The number of nitrogens with zero attached hydrogens (tertiary/aromatic N) is 1. The maximum Gasteiger partial charge on any atom is 0.237 e. The summed E-state index contributed by atoms with van der Waals surface area (Å²) in [6.45, 7) is 2.15. The molecule has 1 saturated heterocycles. The minimum Gasteiger partial charge on any atom is -0.274 e. The molecule has 2 unspecified atom stereocenters. The molecule has 1 fully saturated rings. The van der Waals surface area contributed by atoms with Crippen LogP contribution in [0.2, 0.25) is 0 Å². The molecule has 3 nitrogen and oxygen atoms in total. The van der Waals surface area contributed by atoms with Crippen molar-refractivity contribution in [1.29, 1.82) is 0 Å². The lowest BCUT2D eigenvalue weighted by atomic mass is 9.70. The molecular formula is C18H21NO2. The first-order chi connectivity index (χ1) is 10.2. The number of hydrogen-bond acceptors (Lipinski definition) is 2. The Bertz CT molecular complexity index is 564. The van der Waals surface area contributed by atoms with Gasteiger partial charge in [0.1, 0.15) is 0 Å². The maximum absolute atomic E-state index is 12.8. The van der Waals surface area contributed by atoms with Gasteiger partial charge in [0.25, 0.3) is 0 Å². The zero-order valence-electron chi connectivity index (χ0n) is 12.4. The smallest absolute Gasteiger partial charge is 0.237 e. The van der Waals surface area contributed by atoms with Gasteiger partial charge in [-0.15, -0.1) is 0 Å². The largest absolute Gasteiger partial charge is 0.274 e. The molecule has 0 radical (unpaired) electrons. The van der Waals surface area contributed by atoms with E-state index >= 15 is 0 Å². The molecule has 3 atom stereocenters. The first kappa shape index (κ1) is 14.1. The second-order valence-corrected chi connectivity index (χ2v) is 5.99. The van der Waals surface area contributed by atoms with E-state index in [-0.39, 0.29) is 23.7 Å². The van der Waals surface area contributed by atoms with Gasteiger partial charge >= 0.3 is 0 Å². The first-order valence-electron chi connectivity index (χ1n) is 7.81. The van der Waals surface area contributed by atoms with Gasteiger partial charge in [-0.05, 0) is 36.8 Å². The average Bonchev–Trinajstić information content (AvgIpc) is 2.50. The van der Waals surface area contributed by atoms with E-state index in [2.05, 4.69) is 19.1 Å². The Morgan fingerprint density at radius 1 is 1.19 bits per heavy atom. The molecule has 2 amide bonds. The van der Waals surface area contributed by atoms with Crippen molar-refractivity contribution < 1.29 is 9.59 Å². The molecule has 0 saturated carbocycles. The maximum atomic E-state index is 12.8. The van der Waals surface area contributed by atoms with Gasteiger partial charge < -0.3 is 0 Å². The van der Waals surface area contributed by atoms with Gasteiger partial charge in [-0.1, -0.05) is 43.7 Å². The molecule has 0 N–H and O–H groups in total. The summed E-state index contributed by atoms with van der Waals surface area (Å²) in [5.74, 6) is 0.454. The Balaban J connectivity index is 1.89. The van der Waals surface area contributed by atoms with Gasteiger partial charge in [0.15, 0.2) is 0 Å². The fraction of sp³-hybridized carbons (Fsp3) is 0.444.